The number of carbonyl (C=O) groups excluding carboxylic acids is 1. The summed E-state index contributed by atoms with van der Waals surface area (Å²) >= 11 is 0. The van der Waals surface area contributed by atoms with Crippen molar-refractivity contribution in [3.8, 4) is 22.6 Å². The number of carbonyl (C=O) groups is 1. The summed E-state index contributed by atoms with van der Waals surface area (Å²) in [7, 11) is 0. The molecule has 1 fully saturated rings. The molecule has 3 aromatic carbocycles. The van der Waals surface area contributed by atoms with Gasteiger partial charge in [-0.3, -0.25) is 0 Å². The molecule has 10 heteroatoms. The van der Waals surface area contributed by atoms with Crippen LogP contribution in [0.15, 0.2) is 36.4 Å². The minimum atomic E-state index is -1.56. The Morgan fingerprint density at radius 1 is 0.707 bits per heavy atom. The predicted octanol–water partition coefficient (Wildman–Crippen LogP) is 8.65. The molecule has 0 saturated heterocycles. The fourth-order valence-corrected chi connectivity index (χ4v) is 4.93. The summed E-state index contributed by atoms with van der Waals surface area (Å²) < 4.78 is 103. The predicted molar refractivity (Wildman–Crippen MR) is 140 cm³/mol. The molecule has 0 heterocycles. The van der Waals surface area contributed by atoms with E-state index in [1.807, 2.05) is 6.92 Å². The van der Waals surface area contributed by atoms with E-state index in [9.17, 15) is 31.1 Å². The minimum Gasteiger partial charge on any atom is -0.491 e. The van der Waals surface area contributed by atoms with E-state index >= 15 is 0 Å². The van der Waals surface area contributed by atoms with E-state index in [-0.39, 0.29) is 36.2 Å². The van der Waals surface area contributed by atoms with Gasteiger partial charge in [-0.15, -0.1) is 0 Å². The summed E-state index contributed by atoms with van der Waals surface area (Å²) in [6.45, 7) is 3.90. The SMILES string of the molecule is CCCCOc1ccc(C2CCC(OC(=O)c3ccc(-c4ccc(OCC)c(F)c4F)c(F)c3F)CC2)c(F)c1F. The first kappa shape index (κ1) is 30.3. The number of unbranched alkanes of at least 4 members (excludes halogenated alkanes) is 1. The van der Waals surface area contributed by atoms with Crippen molar-refractivity contribution in [2.75, 3.05) is 13.2 Å². The molecule has 0 N–H and O–H groups in total. The largest absolute Gasteiger partial charge is 0.491 e. The van der Waals surface area contributed by atoms with Crippen molar-refractivity contribution >= 4 is 5.97 Å². The standard InChI is InChI=1S/C31H30F6O4/c1-3-5-16-40-24-14-12-19(25(32)30(24)37)17-6-8-18(9-7-17)41-31(38)22-11-10-20(26(33)28(22)35)21-13-15-23(39-4-2)29(36)27(21)34/h10-15,17-18H,3-9,16H2,1-2H3. The van der Waals surface area contributed by atoms with Crippen molar-refractivity contribution < 1.29 is 45.3 Å². The van der Waals surface area contributed by atoms with E-state index in [0.29, 0.717) is 32.1 Å². The Kier molecular flexibility index (Phi) is 9.83. The number of ether oxygens (including phenoxy) is 3. The molecule has 220 valence electrons. The molecule has 1 aliphatic rings. The van der Waals surface area contributed by atoms with Gasteiger partial charge in [0.05, 0.1) is 18.8 Å². The maximum Gasteiger partial charge on any atom is 0.341 e. The average molecular weight is 581 g/mol. The van der Waals surface area contributed by atoms with Crippen LogP contribution in [-0.4, -0.2) is 25.3 Å². The van der Waals surface area contributed by atoms with Gasteiger partial charge >= 0.3 is 5.97 Å². The Morgan fingerprint density at radius 2 is 1.29 bits per heavy atom. The van der Waals surface area contributed by atoms with Gasteiger partial charge in [-0.05, 0) is 74.8 Å². The molecule has 4 rings (SSSR count). The summed E-state index contributed by atoms with van der Waals surface area (Å²) in [6.07, 6.45) is 2.27. The van der Waals surface area contributed by atoms with Crippen LogP contribution in [0.2, 0.25) is 0 Å². The number of hydrogen-bond acceptors (Lipinski definition) is 4. The van der Waals surface area contributed by atoms with Crippen molar-refractivity contribution in [2.24, 2.45) is 0 Å². The van der Waals surface area contributed by atoms with Gasteiger partial charge in [-0.25, -0.2) is 22.4 Å². The van der Waals surface area contributed by atoms with E-state index < -0.39 is 63.7 Å². The third kappa shape index (κ3) is 6.47. The minimum absolute atomic E-state index is 0.0777. The summed E-state index contributed by atoms with van der Waals surface area (Å²) in [5.41, 5.74) is -1.61. The van der Waals surface area contributed by atoms with E-state index in [1.165, 1.54) is 12.1 Å². The molecule has 0 aromatic heterocycles. The van der Waals surface area contributed by atoms with Crippen LogP contribution in [0.1, 0.15) is 74.2 Å². The molecule has 1 aliphatic carbocycles. The van der Waals surface area contributed by atoms with Gasteiger partial charge in [-0.1, -0.05) is 25.5 Å². The lowest BCUT2D eigenvalue weighted by atomic mass is 9.82. The van der Waals surface area contributed by atoms with Crippen LogP contribution >= 0.6 is 0 Å². The lowest BCUT2D eigenvalue weighted by Gasteiger charge is -2.29. The second-order valence-corrected chi connectivity index (χ2v) is 9.82. The monoisotopic (exact) mass is 580 g/mol. The molecule has 0 aliphatic heterocycles. The van der Waals surface area contributed by atoms with Crippen molar-refractivity contribution in [1.29, 1.82) is 0 Å². The molecule has 0 radical (unpaired) electrons. The van der Waals surface area contributed by atoms with Gasteiger partial charge in [0.15, 0.2) is 34.8 Å². The van der Waals surface area contributed by atoms with Gasteiger partial charge in [0.2, 0.25) is 11.6 Å². The molecule has 1 saturated carbocycles. The number of rotatable bonds is 10. The number of hydrogen-bond donors (Lipinski definition) is 0. The maximum absolute atomic E-state index is 14.9. The normalized spacial score (nSPS) is 16.9. The Bertz CT molecular complexity index is 1400. The van der Waals surface area contributed by atoms with Crippen molar-refractivity contribution in [1.82, 2.24) is 0 Å². The lowest BCUT2D eigenvalue weighted by molar-refractivity contribution is 0.0188. The molecule has 0 amide bonds. The van der Waals surface area contributed by atoms with E-state index in [1.54, 1.807) is 6.92 Å². The Balaban J connectivity index is 1.41. The fourth-order valence-electron chi connectivity index (χ4n) is 4.93. The van der Waals surface area contributed by atoms with Crippen molar-refractivity contribution in [2.45, 2.75) is 64.4 Å². The molecule has 3 aromatic rings. The lowest BCUT2D eigenvalue weighted by Crippen LogP contribution is -2.25. The third-order valence-electron chi connectivity index (χ3n) is 7.16. The Labute approximate surface area is 234 Å². The molecule has 4 nitrogen and oxygen atoms in total. The van der Waals surface area contributed by atoms with Crippen LogP contribution in [0.5, 0.6) is 11.5 Å². The summed E-state index contributed by atoms with van der Waals surface area (Å²) in [5, 5.41) is 0. The Morgan fingerprint density at radius 3 is 1.95 bits per heavy atom. The van der Waals surface area contributed by atoms with E-state index in [4.69, 9.17) is 14.2 Å². The highest BCUT2D eigenvalue weighted by atomic mass is 19.2. The average Bonchev–Trinajstić information content (AvgIpc) is 2.96. The molecule has 0 unspecified atom stereocenters. The second-order valence-electron chi connectivity index (χ2n) is 9.82. The maximum atomic E-state index is 14.9. The van der Waals surface area contributed by atoms with E-state index in [2.05, 4.69) is 0 Å². The van der Waals surface area contributed by atoms with Gasteiger partial charge in [0.1, 0.15) is 6.10 Å². The second kappa shape index (κ2) is 13.3. The fraction of sp³-hybridized carbons (Fsp3) is 0.387. The molecule has 0 spiro atoms. The Hall–Kier alpha value is -3.69. The zero-order valence-corrected chi connectivity index (χ0v) is 22.7. The molecular formula is C31H30F6O4. The van der Waals surface area contributed by atoms with Gasteiger partial charge in [0, 0.05) is 11.1 Å². The highest BCUT2D eigenvalue weighted by Gasteiger charge is 2.30. The third-order valence-corrected chi connectivity index (χ3v) is 7.16. The number of benzene rings is 3. The zero-order chi connectivity index (χ0) is 29.7. The smallest absolute Gasteiger partial charge is 0.341 e. The van der Waals surface area contributed by atoms with Crippen molar-refractivity contribution in [3.05, 3.63) is 82.4 Å². The first-order chi connectivity index (χ1) is 19.7. The molecule has 0 bridgehead atoms. The molecule has 0 atom stereocenters. The summed E-state index contributed by atoms with van der Waals surface area (Å²) in [6, 6.07) is 6.97. The molecular weight excluding hydrogens is 550 g/mol. The summed E-state index contributed by atoms with van der Waals surface area (Å²) in [4.78, 5) is 12.7. The van der Waals surface area contributed by atoms with Crippen LogP contribution in [0.25, 0.3) is 11.1 Å². The van der Waals surface area contributed by atoms with Crippen LogP contribution in [0.4, 0.5) is 26.3 Å². The highest BCUT2D eigenvalue weighted by Crippen LogP contribution is 2.38. The quantitative estimate of drug-likeness (QED) is 0.137. The summed E-state index contributed by atoms with van der Waals surface area (Å²) in [5.74, 6) is -9.83. The van der Waals surface area contributed by atoms with Crippen LogP contribution in [0.3, 0.4) is 0 Å². The van der Waals surface area contributed by atoms with Crippen LogP contribution in [0, 0.1) is 34.9 Å². The van der Waals surface area contributed by atoms with Crippen LogP contribution < -0.4 is 9.47 Å². The highest BCUT2D eigenvalue weighted by molar-refractivity contribution is 5.90. The van der Waals surface area contributed by atoms with Gasteiger partial charge in [-0.2, -0.15) is 8.78 Å². The van der Waals surface area contributed by atoms with E-state index in [0.717, 1.165) is 30.7 Å². The molecule has 41 heavy (non-hydrogen) atoms. The number of halogens is 6. The first-order valence-corrected chi connectivity index (χ1v) is 13.6. The van der Waals surface area contributed by atoms with Gasteiger partial charge in [0.25, 0.3) is 0 Å². The van der Waals surface area contributed by atoms with Crippen molar-refractivity contribution in [3.63, 3.8) is 0 Å². The van der Waals surface area contributed by atoms with Crippen LogP contribution in [-0.2, 0) is 4.74 Å². The number of esters is 1. The first-order valence-electron chi connectivity index (χ1n) is 13.6. The van der Waals surface area contributed by atoms with Gasteiger partial charge < -0.3 is 14.2 Å². The zero-order valence-electron chi connectivity index (χ0n) is 22.7. The topological polar surface area (TPSA) is 44.8 Å².